The Kier molecular flexibility index (Phi) is 4.63. The smallest absolute Gasteiger partial charge is 0.207 e. The molecule has 1 heterocycles. The molecular weight excluding hydrogens is 346 g/mol. The molecule has 1 aliphatic rings. The third-order valence-corrected chi connectivity index (χ3v) is 6.86. The van der Waals surface area contributed by atoms with E-state index >= 15 is 0 Å². The highest BCUT2D eigenvalue weighted by Gasteiger charge is 2.55. The largest absolute Gasteiger partial charge is 0.244 e. The molecule has 1 aliphatic heterocycles. The van der Waals surface area contributed by atoms with Crippen molar-refractivity contribution in [2.75, 3.05) is 0 Å². The van der Waals surface area contributed by atoms with Gasteiger partial charge in [0.1, 0.15) is 14.1 Å². The van der Waals surface area contributed by atoms with E-state index in [4.69, 9.17) is 0 Å². The Hall–Kier alpha value is -1.87. The predicted molar refractivity (Wildman–Crippen MR) is 104 cm³/mol. The summed E-state index contributed by atoms with van der Waals surface area (Å²) in [4.78, 5) is 0.330. The van der Waals surface area contributed by atoms with E-state index in [2.05, 4.69) is 31.1 Å². The minimum absolute atomic E-state index is 0.198. The lowest BCUT2D eigenvalue weighted by Crippen LogP contribution is -2.18. The predicted octanol–water partition coefficient (Wildman–Crippen LogP) is 3.99. The van der Waals surface area contributed by atoms with Crippen LogP contribution in [-0.2, 0) is 10.0 Å². The molecule has 0 aromatic heterocycles. The van der Waals surface area contributed by atoms with Gasteiger partial charge in [-0.3, -0.25) is 0 Å². The Morgan fingerprint density at radius 2 is 1.56 bits per heavy atom. The molecular formula is C20H23NO2SSi. The zero-order chi connectivity index (χ0) is 18.2. The molecule has 0 radical (unpaired) electrons. The molecule has 0 aliphatic carbocycles. The van der Waals surface area contributed by atoms with Crippen molar-refractivity contribution in [3.05, 3.63) is 65.7 Å². The second-order valence-electron chi connectivity index (χ2n) is 7.47. The van der Waals surface area contributed by atoms with Gasteiger partial charge in [-0.1, -0.05) is 73.6 Å². The van der Waals surface area contributed by atoms with E-state index in [1.807, 2.05) is 49.4 Å². The molecule has 0 saturated carbocycles. The lowest BCUT2D eigenvalue weighted by Gasteiger charge is -2.07. The first-order valence-electron chi connectivity index (χ1n) is 8.38. The van der Waals surface area contributed by atoms with Crippen molar-refractivity contribution in [3.8, 4) is 11.5 Å². The fraction of sp³-hybridized carbons (Fsp3) is 0.300. The summed E-state index contributed by atoms with van der Waals surface area (Å²) in [5.74, 6) is 3.24. The molecule has 0 amide bonds. The van der Waals surface area contributed by atoms with Crippen LogP contribution < -0.4 is 0 Å². The van der Waals surface area contributed by atoms with E-state index < -0.39 is 18.1 Å². The Bertz CT molecular complexity index is 920. The second kappa shape index (κ2) is 6.45. The highest BCUT2D eigenvalue weighted by molar-refractivity contribution is 7.89. The topological polar surface area (TPSA) is 37.1 Å². The summed E-state index contributed by atoms with van der Waals surface area (Å²) < 4.78 is 27.7. The summed E-state index contributed by atoms with van der Waals surface area (Å²) in [6, 6.07) is 16.3. The Balaban J connectivity index is 1.99. The van der Waals surface area contributed by atoms with Crippen LogP contribution in [0.3, 0.4) is 0 Å². The minimum atomic E-state index is -3.55. The molecule has 3 rings (SSSR count). The molecule has 0 spiro atoms. The Morgan fingerprint density at radius 3 is 2.12 bits per heavy atom. The van der Waals surface area contributed by atoms with E-state index in [0.29, 0.717) is 4.90 Å². The van der Waals surface area contributed by atoms with Gasteiger partial charge in [0, 0.05) is 0 Å². The lowest BCUT2D eigenvalue weighted by molar-refractivity contribution is 0.551. The van der Waals surface area contributed by atoms with Crippen molar-refractivity contribution in [3.63, 3.8) is 0 Å². The first-order chi connectivity index (χ1) is 11.7. The quantitative estimate of drug-likeness (QED) is 0.466. The van der Waals surface area contributed by atoms with Crippen LogP contribution in [0.5, 0.6) is 0 Å². The monoisotopic (exact) mass is 369 g/mol. The number of hydrogen-bond acceptors (Lipinski definition) is 2. The van der Waals surface area contributed by atoms with Crippen molar-refractivity contribution in [1.29, 1.82) is 0 Å². The van der Waals surface area contributed by atoms with E-state index in [9.17, 15) is 8.42 Å². The standard InChI is InChI=1S/C20H23NO2SSi/c1-16-10-12-18(13-11-16)24(22,23)21-19(14-15-25(2,3)4)20(21)17-8-6-5-7-9-17/h5-13,19-20H,1-4H3. The molecule has 2 aromatic rings. The van der Waals surface area contributed by atoms with Crippen LogP contribution in [0, 0.1) is 18.4 Å². The van der Waals surface area contributed by atoms with Crippen LogP contribution in [0.25, 0.3) is 0 Å². The van der Waals surface area contributed by atoms with Crippen molar-refractivity contribution in [2.45, 2.75) is 43.5 Å². The Morgan fingerprint density at radius 1 is 0.960 bits per heavy atom. The maximum atomic E-state index is 13.1. The van der Waals surface area contributed by atoms with Crippen LogP contribution in [0.4, 0.5) is 0 Å². The van der Waals surface area contributed by atoms with Crippen molar-refractivity contribution in [2.24, 2.45) is 0 Å². The molecule has 3 unspecified atom stereocenters. The SMILES string of the molecule is Cc1ccc(S(=O)(=O)N2C(C#C[Si](C)(C)C)C2c2ccccc2)cc1. The summed E-state index contributed by atoms with van der Waals surface area (Å²) in [5, 5.41) is 0. The summed E-state index contributed by atoms with van der Waals surface area (Å²) in [7, 11) is -5.12. The average molecular weight is 370 g/mol. The normalized spacial score (nSPS) is 22.8. The Labute approximate surface area is 151 Å². The van der Waals surface area contributed by atoms with Gasteiger partial charge in [0.05, 0.1) is 10.9 Å². The van der Waals surface area contributed by atoms with Crippen molar-refractivity contribution < 1.29 is 8.42 Å². The van der Waals surface area contributed by atoms with E-state index in [-0.39, 0.29) is 12.1 Å². The highest BCUT2D eigenvalue weighted by atomic mass is 32.2. The number of rotatable bonds is 3. The van der Waals surface area contributed by atoms with Gasteiger partial charge in [0.2, 0.25) is 10.0 Å². The maximum Gasteiger partial charge on any atom is 0.244 e. The van der Waals surface area contributed by atoms with Gasteiger partial charge in [-0.05, 0) is 24.6 Å². The van der Waals surface area contributed by atoms with Crippen LogP contribution >= 0.6 is 0 Å². The van der Waals surface area contributed by atoms with Crippen LogP contribution in [0.2, 0.25) is 19.6 Å². The van der Waals surface area contributed by atoms with Crippen molar-refractivity contribution in [1.82, 2.24) is 4.31 Å². The second-order valence-corrected chi connectivity index (χ2v) is 14.1. The van der Waals surface area contributed by atoms with Gasteiger partial charge >= 0.3 is 0 Å². The van der Waals surface area contributed by atoms with Gasteiger partial charge in [0.15, 0.2) is 0 Å². The van der Waals surface area contributed by atoms with Crippen LogP contribution in [0.15, 0.2) is 59.5 Å². The third-order valence-electron chi connectivity index (χ3n) is 4.09. The molecule has 0 N–H and O–H groups in total. The van der Waals surface area contributed by atoms with Gasteiger partial charge in [-0.25, -0.2) is 8.42 Å². The fourth-order valence-electron chi connectivity index (χ4n) is 2.75. The van der Waals surface area contributed by atoms with Gasteiger partial charge in [-0.15, -0.1) is 5.54 Å². The van der Waals surface area contributed by atoms with Gasteiger partial charge in [0.25, 0.3) is 0 Å². The van der Waals surface area contributed by atoms with Crippen molar-refractivity contribution >= 4 is 18.1 Å². The van der Waals surface area contributed by atoms with Crippen LogP contribution in [0.1, 0.15) is 17.2 Å². The first kappa shape index (κ1) is 17.9. The molecule has 1 fully saturated rings. The molecule has 5 heteroatoms. The number of hydrogen-bond donors (Lipinski definition) is 0. The number of sulfonamides is 1. The molecule has 3 nitrogen and oxygen atoms in total. The lowest BCUT2D eigenvalue weighted by atomic mass is 10.1. The first-order valence-corrected chi connectivity index (χ1v) is 13.3. The minimum Gasteiger partial charge on any atom is -0.207 e. The van der Waals surface area contributed by atoms with Gasteiger partial charge in [-0.2, -0.15) is 4.31 Å². The van der Waals surface area contributed by atoms with E-state index in [0.717, 1.165) is 11.1 Å². The summed E-state index contributed by atoms with van der Waals surface area (Å²) in [6.07, 6.45) is 0. The number of nitrogens with zero attached hydrogens (tertiary/aromatic N) is 1. The highest BCUT2D eigenvalue weighted by Crippen LogP contribution is 2.47. The molecule has 3 atom stereocenters. The summed E-state index contributed by atoms with van der Waals surface area (Å²) >= 11 is 0. The molecule has 1 saturated heterocycles. The zero-order valence-electron chi connectivity index (χ0n) is 15.0. The third kappa shape index (κ3) is 3.87. The molecule has 25 heavy (non-hydrogen) atoms. The zero-order valence-corrected chi connectivity index (χ0v) is 16.8. The van der Waals surface area contributed by atoms with E-state index in [1.165, 1.54) is 0 Å². The molecule has 0 bridgehead atoms. The molecule has 2 aromatic carbocycles. The summed E-state index contributed by atoms with van der Waals surface area (Å²) in [5.41, 5.74) is 5.36. The number of aryl methyl sites for hydroxylation is 1. The summed E-state index contributed by atoms with van der Waals surface area (Å²) in [6.45, 7) is 8.44. The van der Waals surface area contributed by atoms with Crippen LogP contribution in [-0.4, -0.2) is 26.8 Å². The van der Waals surface area contributed by atoms with E-state index in [1.54, 1.807) is 16.4 Å². The fourth-order valence-corrected chi connectivity index (χ4v) is 5.01. The number of benzene rings is 2. The van der Waals surface area contributed by atoms with Gasteiger partial charge < -0.3 is 0 Å². The average Bonchev–Trinajstić information content (AvgIpc) is 3.29. The molecule has 130 valence electrons. The maximum absolute atomic E-state index is 13.1.